The molecule has 1 aliphatic rings. The van der Waals surface area contributed by atoms with Gasteiger partial charge in [0, 0.05) is 31.2 Å². The Balaban J connectivity index is 1.40. The highest BCUT2D eigenvalue weighted by molar-refractivity contribution is 5.84. The molecule has 0 atom stereocenters. The van der Waals surface area contributed by atoms with E-state index in [4.69, 9.17) is 15.1 Å². The van der Waals surface area contributed by atoms with Crippen LogP contribution in [-0.2, 0) is 6.54 Å². The Morgan fingerprint density at radius 2 is 1.87 bits per heavy atom. The third kappa shape index (κ3) is 4.11. The Morgan fingerprint density at radius 3 is 2.61 bits per heavy atom. The molecule has 5 rings (SSSR count). The number of nitrogens with one attached hydrogen (secondary N) is 2. The first-order valence-electron chi connectivity index (χ1n) is 10.9. The van der Waals surface area contributed by atoms with Crippen molar-refractivity contribution in [1.82, 2.24) is 19.5 Å². The van der Waals surface area contributed by atoms with Crippen LogP contribution in [0.3, 0.4) is 0 Å². The van der Waals surface area contributed by atoms with Gasteiger partial charge in [0.2, 0.25) is 5.95 Å². The molecule has 31 heavy (non-hydrogen) atoms. The van der Waals surface area contributed by atoms with Crippen molar-refractivity contribution in [2.75, 3.05) is 23.7 Å². The minimum Gasteiger partial charge on any atom is -0.472 e. The smallest absolute Gasteiger partial charge is 0.226 e. The molecule has 1 fully saturated rings. The Hall–Kier alpha value is -3.39. The van der Waals surface area contributed by atoms with Crippen LogP contribution in [0.25, 0.3) is 22.3 Å². The number of aromatic nitrogens is 4. The topological polar surface area (TPSA) is 107 Å². The molecule has 1 aliphatic carbocycles. The van der Waals surface area contributed by atoms with Gasteiger partial charge in [0.05, 0.1) is 18.9 Å². The molecule has 160 valence electrons. The number of hydrogen-bond acceptors (Lipinski definition) is 7. The molecule has 0 saturated heterocycles. The van der Waals surface area contributed by atoms with Gasteiger partial charge in [-0.05, 0) is 30.0 Å². The zero-order valence-electron chi connectivity index (χ0n) is 17.4. The predicted molar refractivity (Wildman–Crippen MR) is 122 cm³/mol. The van der Waals surface area contributed by atoms with Gasteiger partial charge in [-0.25, -0.2) is 4.98 Å². The molecule has 0 unspecified atom stereocenters. The highest BCUT2D eigenvalue weighted by atomic mass is 16.3. The van der Waals surface area contributed by atoms with Gasteiger partial charge in [-0.2, -0.15) is 9.97 Å². The normalized spacial score (nSPS) is 14.4. The van der Waals surface area contributed by atoms with Gasteiger partial charge in [0.25, 0.3) is 0 Å². The summed E-state index contributed by atoms with van der Waals surface area (Å²) < 4.78 is 7.38. The van der Waals surface area contributed by atoms with Crippen LogP contribution in [0.4, 0.5) is 11.8 Å². The summed E-state index contributed by atoms with van der Waals surface area (Å²) >= 11 is 0. The van der Waals surface area contributed by atoms with Crippen molar-refractivity contribution in [3.05, 3.63) is 54.7 Å². The fourth-order valence-corrected chi connectivity index (χ4v) is 4.18. The van der Waals surface area contributed by atoms with Gasteiger partial charge >= 0.3 is 0 Å². The number of nitrogens with two attached hydrogens (primary N) is 1. The van der Waals surface area contributed by atoms with E-state index in [0.29, 0.717) is 31.6 Å². The van der Waals surface area contributed by atoms with E-state index in [2.05, 4.69) is 49.4 Å². The lowest BCUT2D eigenvalue weighted by atomic mass is 10.1. The van der Waals surface area contributed by atoms with E-state index in [1.165, 1.54) is 25.7 Å². The van der Waals surface area contributed by atoms with Crippen LogP contribution in [0.5, 0.6) is 0 Å². The molecule has 3 heterocycles. The first kappa shape index (κ1) is 19.6. The lowest BCUT2D eigenvalue weighted by molar-refractivity contribution is 0.529. The fourth-order valence-electron chi connectivity index (χ4n) is 4.18. The zero-order chi connectivity index (χ0) is 21.0. The van der Waals surface area contributed by atoms with E-state index in [0.717, 1.165) is 33.7 Å². The molecule has 8 heteroatoms. The number of benzene rings is 1. The van der Waals surface area contributed by atoms with E-state index < -0.39 is 0 Å². The summed E-state index contributed by atoms with van der Waals surface area (Å²) in [6.07, 6.45) is 10.2. The lowest BCUT2D eigenvalue weighted by Crippen LogP contribution is -2.16. The molecule has 0 bridgehead atoms. The molecule has 0 amide bonds. The van der Waals surface area contributed by atoms with Gasteiger partial charge in [0.15, 0.2) is 17.0 Å². The summed E-state index contributed by atoms with van der Waals surface area (Å²) in [6.45, 7) is 1.79. The van der Waals surface area contributed by atoms with Crippen LogP contribution >= 0.6 is 0 Å². The van der Waals surface area contributed by atoms with Crippen LogP contribution in [0.1, 0.15) is 37.3 Å². The molecule has 1 saturated carbocycles. The Labute approximate surface area is 180 Å². The maximum atomic E-state index is 5.66. The number of furan rings is 1. The van der Waals surface area contributed by atoms with Crippen LogP contribution in [0, 0.1) is 0 Å². The summed E-state index contributed by atoms with van der Waals surface area (Å²) in [6, 6.07) is 10.8. The van der Waals surface area contributed by atoms with E-state index in [9.17, 15) is 0 Å². The Bertz CT molecular complexity index is 1130. The van der Waals surface area contributed by atoms with E-state index >= 15 is 0 Å². The third-order valence-electron chi connectivity index (χ3n) is 5.84. The molecule has 1 aromatic carbocycles. The first-order chi connectivity index (χ1) is 15.3. The summed E-state index contributed by atoms with van der Waals surface area (Å²) in [5.41, 5.74) is 10.7. The van der Waals surface area contributed by atoms with E-state index in [-0.39, 0.29) is 0 Å². The standard InChI is InChI=1S/C23H27N7O/c24-10-11-25-23-28-21(20-22(29-23)30(15-27-20)19-3-1-2-4-19)26-13-16-5-7-17(8-6-16)18-9-12-31-14-18/h5-9,12,14-15,19H,1-4,10-11,13,24H2,(H2,25,26,28,29). The van der Waals surface area contributed by atoms with E-state index in [1.807, 2.05) is 12.4 Å². The van der Waals surface area contributed by atoms with Crippen LogP contribution in [0.2, 0.25) is 0 Å². The second-order valence-corrected chi connectivity index (χ2v) is 7.94. The number of anilines is 2. The van der Waals surface area contributed by atoms with Crippen molar-refractivity contribution in [1.29, 1.82) is 0 Å². The van der Waals surface area contributed by atoms with Crippen molar-refractivity contribution in [2.45, 2.75) is 38.3 Å². The molecule has 8 nitrogen and oxygen atoms in total. The fraction of sp³-hybridized carbons (Fsp3) is 0.348. The Morgan fingerprint density at radius 1 is 1.03 bits per heavy atom. The average Bonchev–Trinajstić information content (AvgIpc) is 3.57. The van der Waals surface area contributed by atoms with Crippen LogP contribution in [0.15, 0.2) is 53.6 Å². The molecule has 0 radical (unpaired) electrons. The number of imidazole rings is 1. The molecule has 0 spiro atoms. The predicted octanol–water partition coefficient (Wildman–Crippen LogP) is 4.18. The molecule has 3 aromatic heterocycles. The van der Waals surface area contributed by atoms with Crippen LogP contribution in [-0.4, -0.2) is 32.6 Å². The molecular weight excluding hydrogens is 390 g/mol. The molecule has 4 N–H and O–H groups in total. The number of hydrogen-bond donors (Lipinski definition) is 3. The summed E-state index contributed by atoms with van der Waals surface area (Å²) in [5, 5.41) is 6.68. The lowest BCUT2D eigenvalue weighted by Gasteiger charge is -2.14. The average molecular weight is 418 g/mol. The van der Waals surface area contributed by atoms with Crippen molar-refractivity contribution in [3.63, 3.8) is 0 Å². The molecule has 0 aliphatic heterocycles. The second-order valence-electron chi connectivity index (χ2n) is 7.94. The Kier molecular flexibility index (Phi) is 5.54. The maximum Gasteiger partial charge on any atom is 0.226 e. The SMILES string of the molecule is NCCNc1nc(NCc2ccc(-c3ccoc3)cc2)c2ncn(C3CCCC3)c2n1. The molecular formula is C23H27N7O. The van der Waals surface area contributed by atoms with Crippen LogP contribution < -0.4 is 16.4 Å². The quantitative estimate of drug-likeness (QED) is 0.395. The largest absolute Gasteiger partial charge is 0.472 e. The van der Waals surface area contributed by atoms with Gasteiger partial charge in [0.1, 0.15) is 0 Å². The van der Waals surface area contributed by atoms with Gasteiger partial charge in [-0.1, -0.05) is 37.1 Å². The van der Waals surface area contributed by atoms with Crippen molar-refractivity contribution >= 4 is 22.9 Å². The summed E-state index contributed by atoms with van der Waals surface area (Å²) in [5.74, 6) is 1.32. The third-order valence-corrected chi connectivity index (χ3v) is 5.84. The first-order valence-corrected chi connectivity index (χ1v) is 10.9. The minimum absolute atomic E-state index is 0.463. The second kappa shape index (κ2) is 8.77. The van der Waals surface area contributed by atoms with Crippen molar-refractivity contribution < 1.29 is 4.42 Å². The van der Waals surface area contributed by atoms with Gasteiger partial charge in [-0.15, -0.1) is 0 Å². The van der Waals surface area contributed by atoms with Crippen molar-refractivity contribution in [3.8, 4) is 11.1 Å². The summed E-state index contributed by atoms with van der Waals surface area (Å²) in [4.78, 5) is 14.1. The number of nitrogens with zero attached hydrogens (tertiary/aromatic N) is 4. The minimum atomic E-state index is 0.463. The zero-order valence-corrected chi connectivity index (χ0v) is 17.4. The van der Waals surface area contributed by atoms with Gasteiger partial charge < -0.3 is 25.4 Å². The highest BCUT2D eigenvalue weighted by Crippen LogP contribution is 2.33. The van der Waals surface area contributed by atoms with Gasteiger partial charge in [-0.3, -0.25) is 0 Å². The molecule has 4 aromatic rings. The van der Waals surface area contributed by atoms with Crippen molar-refractivity contribution in [2.24, 2.45) is 5.73 Å². The van der Waals surface area contributed by atoms with E-state index in [1.54, 1.807) is 12.5 Å². The summed E-state index contributed by atoms with van der Waals surface area (Å²) in [7, 11) is 0. The maximum absolute atomic E-state index is 5.66. The number of fused-ring (bicyclic) bond motifs is 1. The highest BCUT2D eigenvalue weighted by Gasteiger charge is 2.21. The number of rotatable bonds is 8. The monoisotopic (exact) mass is 417 g/mol.